The van der Waals surface area contributed by atoms with Gasteiger partial charge in [-0.1, -0.05) is 12.1 Å². The highest BCUT2D eigenvalue weighted by molar-refractivity contribution is 7.09. The van der Waals surface area contributed by atoms with Crippen molar-refractivity contribution in [3.63, 3.8) is 0 Å². The van der Waals surface area contributed by atoms with Gasteiger partial charge in [-0.3, -0.25) is 14.7 Å². The molecule has 1 fully saturated rings. The Labute approximate surface area is 186 Å². The molecule has 0 unspecified atom stereocenters. The minimum Gasteiger partial charge on any atom is -0.318 e. The molecule has 3 aromatic rings. The number of halogens is 3. The Hall–Kier alpha value is -3.27. The van der Waals surface area contributed by atoms with Crippen LogP contribution in [0.1, 0.15) is 32.8 Å². The molecular formula is C22H19F3N4O2S. The van der Waals surface area contributed by atoms with E-state index < -0.39 is 11.7 Å². The van der Waals surface area contributed by atoms with E-state index >= 15 is 0 Å². The molecule has 0 bridgehead atoms. The van der Waals surface area contributed by atoms with Gasteiger partial charge in [-0.2, -0.15) is 13.2 Å². The number of pyridine rings is 1. The number of urea groups is 1. The predicted molar refractivity (Wildman–Crippen MR) is 114 cm³/mol. The van der Waals surface area contributed by atoms with Crippen molar-refractivity contribution in [1.29, 1.82) is 0 Å². The average Bonchev–Trinajstić information content (AvgIpc) is 3.42. The van der Waals surface area contributed by atoms with E-state index in [1.807, 2.05) is 0 Å². The van der Waals surface area contributed by atoms with Gasteiger partial charge < -0.3 is 4.90 Å². The van der Waals surface area contributed by atoms with Crippen molar-refractivity contribution in [2.75, 3.05) is 18.0 Å². The van der Waals surface area contributed by atoms with Crippen LogP contribution < -0.4 is 4.90 Å². The molecule has 0 spiro atoms. The number of hydrogen-bond acceptors (Lipinski definition) is 5. The van der Waals surface area contributed by atoms with E-state index in [1.54, 1.807) is 28.7 Å². The van der Waals surface area contributed by atoms with Gasteiger partial charge in [0.2, 0.25) is 0 Å². The van der Waals surface area contributed by atoms with Crippen LogP contribution in [0.5, 0.6) is 0 Å². The van der Waals surface area contributed by atoms with Crippen molar-refractivity contribution in [2.45, 2.75) is 25.6 Å². The van der Waals surface area contributed by atoms with E-state index in [2.05, 4.69) is 9.97 Å². The minimum atomic E-state index is -4.40. The number of ketones is 1. The number of benzene rings is 1. The summed E-state index contributed by atoms with van der Waals surface area (Å²) in [5.74, 6) is 0.337. The summed E-state index contributed by atoms with van der Waals surface area (Å²) in [6.07, 6.45) is -0.219. The Morgan fingerprint density at radius 2 is 1.91 bits per heavy atom. The maximum atomic E-state index is 12.8. The van der Waals surface area contributed by atoms with Crippen LogP contribution in [0.15, 0.2) is 54.3 Å². The Kier molecular flexibility index (Phi) is 6.22. The average molecular weight is 460 g/mol. The summed E-state index contributed by atoms with van der Waals surface area (Å²) in [7, 11) is 0. The predicted octanol–water partition coefficient (Wildman–Crippen LogP) is 4.81. The fraction of sp³-hybridized carbons (Fsp3) is 0.273. The summed E-state index contributed by atoms with van der Waals surface area (Å²) in [6.45, 7) is 0.983. The number of nitrogens with zero attached hydrogens (tertiary/aromatic N) is 4. The van der Waals surface area contributed by atoms with Crippen LogP contribution in [0.2, 0.25) is 0 Å². The van der Waals surface area contributed by atoms with E-state index in [0.29, 0.717) is 42.9 Å². The number of carbonyl (C=O) groups excluding carboxylic acids is 2. The van der Waals surface area contributed by atoms with Crippen molar-refractivity contribution in [3.8, 4) is 0 Å². The number of anilines is 1. The smallest absolute Gasteiger partial charge is 0.318 e. The largest absolute Gasteiger partial charge is 0.416 e. The first-order chi connectivity index (χ1) is 15.3. The molecule has 32 heavy (non-hydrogen) atoms. The van der Waals surface area contributed by atoms with E-state index in [0.717, 1.165) is 17.0 Å². The van der Waals surface area contributed by atoms with Crippen LogP contribution in [0.3, 0.4) is 0 Å². The van der Waals surface area contributed by atoms with Gasteiger partial charge in [0.15, 0.2) is 5.78 Å². The maximum absolute atomic E-state index is 12.8. The first-order valence-electron chi connectivity index (χ1n) is 9.90. The zero-order valence-electron chi connectivity index (χ0n) is 16.9. The van der Waals surface area contributed by atoms with E-state index in [1.165, 1.54) is 34.6 Å². The molecule has 2 aromatic heterocycles. The molecule has 0 N–H and O–H groups in total. The SMILES string of the molecule is O=C(CCc1cncs1)c1ccnc(N2CCN(Cc3ccc(C(F)(F)F)cc3)C2=O)c1. The highest BCUT2D eigenvalue weighted by Crippen LogP contribution is 2.29. The Balaban J connectivity index is 1.40. The van der Waals surface area contributed by atoms with Crippen molar-refractivity contribution in [2.24, 2.45) is 0 Å². The number of hydrogen-bond donors (Lipinski definition) is 0. The minimum absolute atomic E-state index is 0.0460. The molecule has 166 valence electrons. The second-order valence-electron chi connectivity index (χ2n) is 7.34. The molecule has 3 heterocycles. The molecule has 1 aromatic carbocycles. The fourth-order valence-electron chi connectivity index (χ4n) is 3.45. The van der Waals surface area contributed by atoms with Crippen LogP contribution in [0, 0.1) is 0 Å². The zero-order valence-corrected chi connectivity index (χ0v) is 17.7. The second kappa shape index (κ2) is 9.07. The first kappa shape index (κ1) is 21.9. The number of amides is 2. The van der Waals surface area contributed by atoms with Crippen molar-refractivity contribution < 1.29 is 22.8 Å². The summed E-state index contributed by atoms with van der Waals surface area (Å²) in [5, 5.41) is 0. The maximum Gasteiger partial charge on any atom is 0.416 e. The third-order valence-corrected chi connectivity index (χ3v) is 6.02. The normalized spacial score (nSPS) is 14.3. The highest BCUT2D eigenvalue weighted by Gasteiger charge is 2.32. The van der Waals surface area contributed by atoms with Gasteiger partial charge >= 0.3 is 12.2 Å². The van der Waals surface area contributed by atoms with Gasteiger partial charge in [-0.15, -0.1) is 11.3 Å². The lowest BCUT2D eigenvalue weighted by atomic mass is 10.1. The molecule has 6 nitrogen and oxygen atoms in total. The molecular weight excluding hydrogens is 441 g/mol. The topological polar surface area (TPSA) is 66.4 Å². The van der Waals surface area contributed by atoms with E-state index in [4.69, 9.17) is 0 Å². The van der Waals surface area contributed by atoms with Gasteiger partial charge in [0.25, 0.3) is 0 Å². The molecule has 0 radical (unpaired) electrons. The molecule has 1 aliphatic rings. The summed E-state index contributed by atoms with van der Waals surface area (Å²) >= 11 is 1.50. The number of aromatic nitrogens is 2. The quantitative estimate of drug-likeness (QED) is 0.475. The lowest BCUT2D eigenvalue weighted by Gasteiger charge is -2.18. The summed E-state index contributed by atoms with van der Waals surface area (Å²) in [6, 6.07) is 7.70. The fourth-order valence-corrected chi connectivity index (χ4v) is 4.05. The lowest BCUT2D eigenvalue weighted by molar-refractivity contribution is -0.137. The molecule has 0 aliphatic carbocycles. The number of aryl methyl sites for hydroxylation is 1. The molecule has 0 atom stereocenters. The number of thiazole rings is 1. The van der Waals surface area contributed by atoms with Gasteiger partial charge in [0.1, 0.15) is 5.82 Å². The standard InChI is InChI=1S/C22H19F3N4O2S/c23-22(24,25)17-3-1-15(2-4-17)13-28-9-10-29(21(28)31)20-11-16(7-8-27-20)19(30)6-5-18-12-26-14-32-18/h1-4,7-8,11-12,14H,5-6,9-10,13H2. The number of rotatable bonds is 7. The van der Waals surface area contributed by atoms with Crippen molar-refractivity contribution >= 4 is 29.0 Å². The molecule has 1 saturated heterocycles. The van der Waals surface area contributed by atoms with E-state index in [9.17, 15) is 22.8 Å². The number of carbonyl (C=O) groups is 2. The Morgan fingerprint density at radius 3 is 2.59 bits per heavy atom. The van der Waals surface area contributed by atoms with Crippen molar-refractivity contribution in [1.82, 2.24) is 14.9 Å². The summed E-state index contributed by atoms with van der Waals surface area (Å²) in [4.78, 5) is 37.7. The number of Topliss-reactive ketones (excluding diaryl/α,β-unsaturated/α-hetero) is 1. The third kappa shape index (κ3) is 4.96. The second-order valence-corrected chi connectivity index (χ2v) is 8.31. The van der Waals surface area contributed by atoms with Crippen LogP contribution in [0.25, 0.3) is 0 Å². The van der Waals surface area contributed by atoms with Crippen LogP contribution in [-0.4, -0.2) is 39.8 Å². The molecule has 2 amide bonds. The van der Waals surface area contributed by atoms with Crippen molar-refractivity contribution in [3.05, 3.63) is 75.9 Å². The highest BCUT2D eigenvalue weighted by atomic mass is 32.1. The van der Waals surface area contributed by atoms with Crippen LogP contribution >= 0.6 is 11.3 Å². The Bertz CT molecular complexity index is 1100. The molecule has 4 rings (SSSR count). The van der Waals surface area contributed by atoms with Gasteiger partial charge in [0.05, 0.1) is 11.1 Å². The number of alkyl halides is 3. The molecule has 1 aliphatic heterocycles. The molecule has 0 saturated carbocycles. The summed E-state index contributed by atoms with van der Waals surface area (Å²) < 4.78 is 38.2. The van der Waals surface area contributed by atoms with Crippen LogP contribution in [0.4, 0.5) is 23.8 Å². The lowest BCUT2D eigenvalue weighted by Crippen LogP contribution is -2.32. The van der Waals surface area contributed by atoms with Gasteiger partial charge in [-0.05, 0) is 36.2 Å². The summed E-state index contributed by atoms with van der Waals surface area (Å²) in [5.41, 5.74) is 2.08. The monoisotopic (exact) mass is 460 g/mol. The van der Waals surface area contributed by atoms with Crippen LogP contribution in [-0.2, 0) is 19.1 Å². The third-order valence-electron chi connectivity index (χ3n) is 5.18. The van der Waals surface area contributed by atoms with Gasteiger partial charge in [0, 0.05) is 48.9 Å². The first-order valence-corrected chi connectivity index (χ1v) is 10.8. The Morgan fingerprint density at radius 1 is 1.12 bits per heavy atom. The van der Waals surface area contributed by atoms with Gasteiger partial charge in [-0.25, -0.2) is 9.78 Å². The van der Waals surface area contributed by atoms with E-state index in [-0.39, 0.29) is 18.4 Å². The zero-order chi connectivity index (χ0) is 22.7. The molecule has 10 heteroatoms.